The summed E-state index contributed by atoms with van der Waals surface area (Å²) in [6.45, 7) is 8.35. The van der Waals surface area contributed by atoms with E-state index in [1.807, 2.05) is 45.9 Å². The molecule has 33 heavy (non-hydrogen) atoms. The van der Waals surface area contributed by atoms with Gasteiger partial charge in [-0.25, -0.2) is 19.6 Å². The summed E-state index contributed by atoms with van der Waals surface area (Å²) in [5, 5.41) is 7.52. The van der Waals surface area contributed by atoms with E-state index in [0.717, 1.165) is 28.3 Å². The summed E-state index contributed by atoms with van der Waals surface area (Å²) < 4.78 is 7.76. The van der Waals surface area contributed by atoms with Gasteiger partial charge in [-0.1, -0.05) is 19.3 Å². The van der Waals surface area contributed by atoms with Crippen molar-refractivity contribution in [3.63, 3.8) is 0 Å². The molecule has 8 heteroatoms. The maximum Gasteiger partial charge on any atom is 0.251 e. The second kappa shape index (κ2) is 10.1. The summed E-state index contributed by atoms with van der Waals surface area (Å²) in [6.07, 6.45) is 8.10. The molecule has 0 spiro atoms. The van der Waals surface area contributed by atoms with E-state index >= 15 is 0 Å². The van der Waals surface area contributed by atoms with Crippen molar-refractivity contribution in [1.82, 2.24) is 24.7 Å². The third-order valence-corrected chi connectivity index (χ3v) is 6.17. The molecular formula is C25H32N6O2. The number of amides is 1. The van der Waals surface area contributed by atoms with Crippen LogP contribution in [0.25, 0.3) is 5.95 Å². The molecule has 1 amide bonds. The summed E-state index contributed by atoms with van der Waals surface area (Å²) in [7, 11) is 0. The van der Waals surface area contributed by atoms with Gasteiger partial charge in [0.1, 0.15) is 0 Å². The van der Waals surface area contributed by atoms with Gasteiger partial charge in [-0.05, 0) is 64.7 Å². The van der Waals surface area contributed by atoms with Gasteiger partial charge in [0.05, 0.1) is 18.7 Å². The van der Waals surface area contributed by atoms with Gasteiger partial charge in [-0.2, -0.15) is 5.10 Å². The highest BCUT2D eigenvalue weighted by Gasteiger charge is 2.20. The van der Waals surface area contributed by atoms with Crippen LogP contribution in [0.15, 0.2) is 24.4 Å². The van der Waals surface area contributed by atoms with Crippen LogP contribution in [-0.4, -0.2) is 37.2 Å². The highest BCUT2D eigenvalue weighted by Crippen LogP contribution is 2.27. The summed E-state index contributed by atoms with van der Waals surface area (Å²) in [5.74, 6) is 2.00. The first-order valence-electron chi connectivity index (χ1n) is 11.7. The molecule has 0 atom stereocenters. The molecule has 0 bridgehead atoms. The SMILES string of the molecule is Cc1cc(C)nc(-n2nc(C)c(CC(=O)Nc3ncccc3OCC3CCCCC3)c2C)n1. The molecule has 1 fully saturated rings. The van der Waals surface area contributed by atoms with Gasteiger partial charge >= 0.3 is 0 Å². The predicted octanol–water partition coefficient (Wildman–Crippen LogP) is 4.43. The molecule has 0 radical (unpaired) electrons. The molecule has 3 aromatic rings. The van der Waals surface area contributed by atoms with Crippen LogP contribution in [0.3, 0.4) is 0 Å². The third kappa shape index (κ3) is 5.56. The number of hydrogen-bond acceptors (Lipinski definition) is 6. The fraction of sp³-hybridized carbons (Fsp3) is 0.480. The lowest BCUT2D eigenvalue weighted by Gasteiger charge is -2.22. The summed E-state index contributed by atoms with van der Waals surface area (Å²) in [6, 6.07) is 5.61. The molecule has 1 N–H and O–H groups in total. The van der Waals surface area contributed by atoms with Crippen molar-refractivity contribution in [2.45, 2.75) is 66.2 Å². The van der Waals surface area contributed by atoms with E-state index in [1.165, 1.54) is 32.1 Å². The van der Waals surface area contributed by atoms with E-state index in [2.05, 4.69) is 25.4 Å². The number of pyridine rings is 1. The summed E-state index contributed by atoms with van der Waals surface area (Å²) in [4.78, 5) is 26.3. The van der Waals surface area contributed by atoms with Crippen LogP contribution in [0.5, 0.6) is 5.75 Å². The monoisotopic (exact) mass is 448 g/mol. The maximum absolute atomic E-state index is 12.9. The smallest absolute Gasteiger partial charge is 0.251 e. The van der Waals surface area contributed by atoms with Crippen molar-refractivity contribution < 1.29 is 9.53 Å². The minimum absolute atomic E-state index is 0.164. The number of aromatic nitrogens is 5. The first-order chi connectivity index (χ1) is 15.9. The van der Waals surface area contributed by atoms with Crippen molar-refractivity contribution in [2.75, 3.05) is 11.9 Å². The third-order valence-electron chi connectivity index (χ3n) is 6.17. The minimum Gasteiger partial charge on any atom is -0.489 e. The molecule has 3 heterocycles. The lowest BCUT2D eigenvalue weighted by molar-refractivity contribution is -0.115. The van der Waals surface area contributed by atoms with Crippen molar-refractivity contribution >= 4 is 11.7 Å². The Morgan fingerprint density at radius 3 is 2.58 bits per heavy atom. The van der Waals surface area contributed by atoms with E-state index in [1.54, 1.807) is 10.9 Å². The Balaban J connectivity index is 1.46. The van der Waals surface area contributed by atoms with Gasteiger partial charge in [0.15, 0.2) is 11.6 Å². The normalized spacial score (nSPS) is 14.3. The van der Waals surface area contributed by atoms with E-state index in [9.17, 15) is 4.79 Å². The fourth-order valence-corrected chi connectivity index (χ4v) is 4.43. The number of anilines is 1. The average Bonchev–Trinajstić information content (AvgIpc) is 3.07. The minimum atomic E-state index is -0.164. The van der Waals surface area contributed by atoms with Crippen molar-refractivity contribution in [3.05, 3.63) is 52.7 Å². The topological polar surface area (TPSA) is 94.8 Å². The first-order valence-corrected chi connectivity index (χ1v) is 11.7. The quantitative estimate of drug-likeness (QED) is 0.574. The molecule has 1 aliphatic carbocycles. The molecule has 0 unspecified atom stereocenters. The Bertz CT molecular complexity index is 1110. The lowest BCUT2D eigenvalue weighted by atomic mass is 9.90. The molecule has 174 valence electrons. The van der Waals surface area contributed by atoms with Gasteiger partial charge < -0.3 is 10.1 Å². The van der Waals surface area contributed by atoms with Crippen LogP contribution in [0.4, 0.5) is 5.82 Å². The van der Waals surface area contributed by atoms with Crippen LogP contribution < -0.4 is 10.1 Å². The molecule has 0 aromatic carbocycles. The summed E-state index contributed by atoms with van der Waals surface area (Å²) >= 11 is 0. The Labute approximate surface area is 194 Å². The number of carbonyl (C=O) groups excluding carboxylic acids is 1. The number of nitrogens with zero attached hydrogens (tertiary/aromatic N) is 5. The molecule has 0 saturated heterocycles. The number of nitrogens with one attached hydrogen (secondary N) is 1. The molecule has 3 aromatic heterocycles. The largest absolute Gasteiger partial charge is 0.489 e. The Morgan fingerprint density at radius 1 is 1.12 bits per heavy atom. The number of carbonyl (C=O) groups is 1. The average molecular weight is 449 g/mol. The lowest BCUT2D eigenvalue weighted by Crippen LogP contribution is -2.19. The Hall–Kier alpha value is -3.29. The van der Waals surface area contributed by atoms with Crippen LogP contribution in [0, 0.1) is 33.6 Å². The van der Waals surface area contributed by atoms with E-state index in [0.29, 0.717) is 30.0 Å². The fourth-order valence-electron chi connectivity index (χ4n) is 4.43. The van der Waals surface area contributed by atoms with E-state index in [4.69, 9.17) is 4.74 Å². The number of rotatable bonds is 7. The van der Waals surface area contributed by atoms with E-state index < -0.39 is 0 Å². The van der Waals surface area contributed by atoms with Crippen LogP contribution in [0.1, 0.15) is 60.4 Å². The van der Waals surface area contributed by atoms with Crippen LogP contribution in [-0.2, 0) is 11.2 Å². The van der Waals surface area contributed by atoms with Gasteiger partial charge in [-0.15, -0.1) is 0 Å². The Kier molecular flexibility index (Phi) is 7.01. The molecule has 1 aliphatic rings. The van der Waals surface area contributed by atoms with E-state index in [-0.39, 0.29) is 12.3 Å². The molecule has 1 saturated carbocycles. The van der Waals surface area contributed by atoms with Crippen molar-refractivity contribution in [3.8, 4) is 11.7 Å². The van der Waals surface area contributed by atoms with Crippen LogP contribution in [0.2, 0.25) is 0 Å². The zero-order valence-corrected chi connectivity index (χ0v) is 19.9. The summed E-state index contributed by atoms with van der Waals surface area (Å²) in [5.41, 5.74) is 4.24. The second-order valence-electron chi connectivity index (χ2n) is 8.90. The second-order valence-corrected chi connectivity index (χ2v) is 8.90. The number of ether oxygens (including phenoxy) is 1. The zero-order chi connectivity index (χ0) is 23.4. The highest BCUT2D eigenvalue weighted by atomic mass is 16.5. The van der Waals surface area contributed by atoms with Gasteiger partial charge in [0.2, 0.25) is 5.91 Å². The van der Waals surface area contributed by atoms with Crippen LogP contribution >= 0.6 is 0 Å². The number of hydrogen-bond donors (Lipinski definition) is 1. The maximum atomic E-state index is 12.9. The van der Waals surface area contributed by atoms with Crippen molar-refractivity contribution in [1.29, 1.82) is 0 Å². The molecule has 0 aliphatic heterocycles. The first kappa shape index (κ1) is 22.9. The molecule has 4 rings (SSSR count). The standard InChI is InChI=1S/C25H32N6O2/c1-16-13-17(2)28-25(27-16)31-19(4)21(18(3)30-31)14-23(32)29-24-22(11-8-12-26-24)33-15-20-9-6-5-7-10-20/h8,11-13,20H,5-7,9-10,14-15H2,1-4H3,(H,26,29,32). The molecule has 8 nitrogen and oxygen atoms in total. The molecular weight excluding hydrogens is 416 g/mol. The number of aryl methyl sites for hydroxylation is 3. The Morgan fingerprint density at radius 2 is 1.85 bits per heavy atom. The van der Waals surface area contributed by atoms with Gasteiger partial charge in [0.25, 0.3) is 5.95 Å². The zero-order valence-electron chi connectivity index (χ0n) is 19.9. The highest BCUT2D eigenvalue weighted by molar-refractivity contribution is 5.92. The van der Waals surface area contributed by atoms with Crippen molar-refractivity contribution in [2.24, 2.45) is 5.92 Å². The predicted molar refractivity (Wildman–Crippen MR) is 127 cm³/mol. The van der Waals surface area contributed by atoms with Gasteiger partial charge in [0, 0.05) is 28.8 Å². The van der Waals surface area contributed by atoms with Gasteiger partial charge in [-0.3, -0.25) is 4.79 Å².